The van der Waals surface area contributed by atoms with Crippen LogP contribution in [0.3, 0.4) is 0 Å². The van der Waals surface area contributed by atoms with Crippen LogP contribution in [-0.2, 0) is 22.9 Å². The molecule has 0 aliphatic heterocycles. The van der Waals surface area contributed by atoms with E-state index in [2.05, 4.69) is 20.0 Å². The molecule has 204 valence electrons. The molecule has 2 aromatic heterocycles. The number of aliphatic hydroxyl groups is 1. The number of pyridine rings is 1. The SMILES string of the molecule is O=S(=O)(Nc1ccc(CCNC[C@H](O)c2ccccc2)cc1)c1ccc(Cc2nc(-c3ccccn3)cs2)cc1. The second-order valence-corrected chi connectivity index (χ2v) is 12.0. The maximum Gasteiger partial charge on any atom is 0.261 e. The van der Waals surface area contributed by atoms with Gasteiger partial charge >= 0.3 is 0 Å². The lowest BCUT2D eigenvalue weighted by Gasteiger charge is -2.12. The number of hydrogen-bond donors (Lipinski definition) is 3. The first-order chi connectivity index (χ1) is 19.5. The molecule has 3 aromatic carbocycles. The van der Waals surface area contributed by atoms with E-state index in [0.29, 0.717) is 25.2 Å². The number of nitrogens with one attached hydrogen (secondary N) is 2. The maximum atomic E-state index is 12.9. The van der Waals surface area contributed by atoms with Crippen molar-refractivity contribution in [3.63, 3.8) is 0 Å². The predicted molar refractivity (Wildman–Crippen MR) is 160 cm³/mol. The summed E-state index contributed by atoms with van der Waals surface area (Å²) in [6, 6.07) is 29.5. The minimum Gasteiger partial charge on any atom is -0.387 e. The quantitative estimate of drug-likeness (QED) is 0.172. The van der Waals surface area contributed by atoms with Gasteiger partial charge in [-0.3, -0.25) is 9.71 Å². The lowest BCUT2D eigenvalue weighted by Crippen LogP contribution is -2.23. The highest BCUT2D eigenvalue weighted by Crippen LogP contribution is 2.23. The molecule has 0 bridgehead atoms. The summed E-state index contributed by atoms with van der Waals surface area (Å²) in [5.74, 6) is 0. The molecule has 3 N–H and O–H groups in total. The van der Waals surface area contributed by atoms with Gasteiger partial charge in [0.2, 0.25) is 0 Å². The van der Waals surface area contributed by atoms with Crippen LogP contribution in [0.4, 0.5) is 5.69 Å². The number of sulfonamides is 1. The number of aliphatic hydroxyl groups excluding tert-OH is 1. The molecular formula is C31H30N4O3S2. The molecule has 5 rings (SSSR count). The highest BCUT2D eigenvalue weighted by Gasteiger charge is 2.15. The zero-order chi connectivity index (χ0) is 27.8. The summed E-state index contributed by atoms with van der Waals surface area (Å²) in [4.78, 5) is 9.21. The number of anilines is 1. The standard InChI is InChI=1S/C31H30N4O3S2/c36-30(25-6-2-1-3-7-25)21-32-19-17-23-9-13-26(14-10-23)35-40(37,38)27-15-11-24(12-16-27)20-31-34-29(22-39-31)28-8-4-5-18-33-28/h1-16,18,22,30,32,35-36H,17,19-21H2/t30-/m0/s1. The Labute approximate surface area is 238 Å². The molecule has 5 aromatic rings. The largest absolute Gasteiger partial charge is 0.387 e. The second-order valence-electron chi connectivity index (χ2n) is 9.35. The predicted octanol–water partition coefficient (Wildman–Crippen LogP) is 5.46. The van der Waals surface area contributed by atoms with Gasteiger partial charge in [0.25, 0.3) is 10.0 Å². The molecule has 0 saturated heterocycles. The minimum atomic E-state index is -3.72. The van der Waals surface area contributed by atoms with Gasteiger partial charge in [-0.05, 0) is 66.1 Å². The first kappa shape index (κ1) is 27.7. The second kappa shape index (κ2) is 13.0. The third-order valence-corrected chi connectivity index (χ3v) is 8.63. The Morgan fingerprint density at radius 1 is 0.825 bits per heavy atom. The summed E-state index contributed by atoms with van der Waals surface area (Å²) >= 11 is 1.56. The highest BCUT2D eigenvalue weighted by molar-refractivity contribution is 7.92. The third kappa shape index (κ3) is 7.40. The molecule has 1 atom stereocenters. The van der Waals surface area contributed by atoms with Crippen LogP contribution in [-0.4, -0.2) is 36.6 Å². The fourth-order valence-corrected chi connectivity index (χ4v) is 6.08. The summed E-state index contributed by atoms with van der Waals surface area (Å²) < 4.78 is 28.6. The number of nitrogens with zero attached hydrogens (tertiary/aromatic N) is 2. The van der Waals surface area contributed by atoms with Crippen molar-refractivity contribution < 1.29 is 13.5 Å². The van der Waals surface area contributed by atoms with Crippen LogP contribution in [0.2, 0.25) is 0 Å². The molecule has 0 unspecified atom stereocenters. The van der Waals surface area contributed by atoms with Crippen molar-refractivity contribution in [2.24, 2.45) is 0 Å². The molecule has 40 heavy (non-hydrogen) atoms. The summed E-state index contributed by atoms with van der Waals surface area (Å²) in [6.45, 7) is 1.17. The molecule has 0 fully saturated rings. The van der Waals surface area contributed by atoms with Crippen LogP contribution in [0.15, 0.2) is 114 Å². The fourth-order valence-electron chi connectivity index (χ4n) is 4.20. The lowest BCUT2D eigenvalue weighted by molar-refractivity contribution is 0.175. The number of thiazole rings is 1. The van der Waals surface area contributed by atoms with Gasteiger partial charge in [-0.1, -0.05) is 60.7 Å². The van der Waals surface area contributed by atoms with Crippen LogP contribution in [0.25, 0.3) is 11.4 Å². The van der Waals surface area contributed by atoms with E-state index in [9.17, 15) is 13.5 Å². The van der Waals surface area contributed by atoms with E-state index in [1.807, 2.05) is 78.2 Å². The Morgan fingerprint density at radius 2 is 1.55 bits per heavy atom. The van der Waals surface area contributed by atoms with E-state index < -0.39 is 16.1 Å². The van der Waals surface area contributed by atoms with E-state index >= 15 is 0 Å². The Bertz CT molecular complexity index is 1610. The van der Waals surface area contributed by atoms with E-state index in [1.54, 1.807) is 41.8 Å². The van der Waals surface area contributed by atoms with E-state index in [0.717, 1.165) is 39.5 Å². The van der Waals surface area contributed by atoms with Gasteiger partial charge < -0.3 is 10.4 Å². The van der Waals surface area contributed by atoms with E-state index in [4.69, 9.17) is 0 Å². The van der Waals surface area contributed by atoms with Crippen LogP contribution in [0.1, 0.15) is 27.8 Å². The minimum absolute atomic E-state index is 0.204. The smallest absolute Gasteiger partial charge is 0.261 e. The Kier molecular flexibility index (Phi) is 8.98. The van der Waals surface area contributed by atoms with Crippen molar-refractivity contribution >= 4 is 27.0 Å². The van der Waals surface area contributed by atoms with Crippen LogP contribution in [0, 0.1) is 0 Å². The van der Waals surface area contributed by atoms with Gasteiger partial charge in [0, 0.05) is 30.2 Å². The zero-order valence-electron chi connectivity index (χ0n) is 21.8. The summed E-state index contributed by atoms with van der Waals surface area (Å²) in [6.07, 6.45) is 2.57. The topological polar surface area (TPSA) is 104 Å². The first-order valence-electron chi connectivity index (χ1n) is 13.0. The molecule has 0 radical (unpaired) electrons. The Morgan fingerprint density at radius 3 is 2.27 bits per heavy atom. The average Bonchev–Trinajstić information content (AvgIpc) is 3.45. The molecule has 2 heterocycles. The van der Waals surface area contributed by atoms with Crippen LogP contribution < -0.4 is 10.0 Å². The molecular weight excluding hydrogens is 541 g/mol. The molecule has 7 nitrogen and oxygen atoms in total. The summed E-state index contributed by atoms with van der Waals surface area (Å²) in [5, 5.41) is 16.4. The van der Waals surface area contributed by atoms with Crippen molar-refractivity contribution in [3.05, 3.63) is 130 Å². The van der Waals surface area contributed by atoms with Gasteiger partial charge in [0.1, 0.15) is 0 Å². The monoisotopic (exact) mass is 570 g/mol. The molecule has 0 amide bonds. The Balaban J connectivity index is 1.11. The number of benzene rings is 3. The van der Waals surface area contributed by atoms with E-state index in [1.165, 1.54) is 0 Å². The highest BCUT2D eigenvalue weighted by atomic mass is 32.2. The normalized spacial score (nSPS) is 12.2. The van der Waals surface area contributed by atoms with Crippen molar-refractivity contribution in [2.45, 2.75) is 23.8 Å². The van der Waals surface area contributed by atoms with Gasteiger partial charge in [-0.15, -0.1) is 11.3 Å². The van der Waals surface area contributed by atoms with Gasteiger partial charge in [0.05, 0.1) is 27.4 Å². The number of hydrogen-bond acceptors (Lipinski definition) is 7. The van der Waals surface area contributed by atoms with Crippen LogP contribution >= 0.6 is 11.3 Å². The number of aromatic nitrogens is 2. The van der Waals surface area contributed by atoms with Gasteiger partial charge in [-0.25, -0.2) is 13.4 Å². The molecule has 0 aliphatic carbocycles. The van der Waals surface area contributed by atoms with Gasteiger partial charge in [0.15, 0.2) is 0 Å². The van der Waals surface area contributed by atoms with Crippen molar-refractivity contribution in [1.82, 2.24) is 15.3 Å². The first-order valence-corrected chi connectivity index (χ1v) is 15.3. The summed E-state index contributed by atoms with van der Waals surface area (Å²) in [5.41, 5.74) is 5.12. The molecule has 9 heteroatoms. The maximum absolute atomic E-state index is 12.9. The lowest BCUT2D eigenvalue weighted by atomic mass is 10.1. The fraction of sp³-hybridized carbons (Fsp3) is 0.161. The zero-order valence-corrected chi connectivity index (χ0v) is 23.4. The molecule has 0 saturated carbocycles. The van der Waals surface area contributed by atoms with Gasteiger partial charge in [-0.2, -0.15) is 0 Å². The molecule has 0 aliphatic rings. The molecule has 0 spiro atoms. The average molecular weight is 571 g/mol. The number of rotatable bonds is 12. The van der Waals surface area contributed by atoms with Crippen molar-refractivity contribution in [2.75, 3.05) is 17.8 Å². The van der Waals surface area contributed by atoms with E-state index in [-0.39, 0.29) is 4.90 Å². The van der Waals surface area contributed by atoms with Crippen LogP contribution in [0.5, 0.6) is 0 Å². The van der Waals surface area contributed by atoms with Crippen molar-refractivity contribution in [1.29, 1.82) is 0 Å². The Hall–Kier alpha value is -3.89. The van der Waals surface area contributed by atoms with Crippen molar-refractivity contribution in [3.8, 4) is 11.4 Å². The third-order valence-electron chi connectivity index (χ3n) is 6.39. The summed E-state index contributed by atoms with van der Waals surface area (Å²) in [7, 11) is -3.72.